The van der Waals surface area contributed by atoms with Gasteiger partial charge in [-0.2, -0.15) is 4.98 Å². The number of hydrogen-bond donors (Lipinski definition) is 1. The van der Waals surface area contributed by atoms with Crippen molar-refractivity contribution in [3.05, 3.63) is 51.9 Å². The lowest BCUT2D eigenvalue weighted by atomic mass is 10.1. The summed E-state index contributed by atoms with van der Waals surface area (Å²) >= 11 is 1.46. The molecule has 0 aliphatic carbocycles. The van der Waals surface area contributed by atoms with E-state index >= 15 is 0 Å². The van der Waals surface area contributed by atoms with E-state index in [1.165, 1.54) is 17.4 Å². The molecule has 0 spiro atoms. The molecule has 0 fully saturated rings. The number of rotatable bonds is 6. The van der Waals surface area contributed by atoms with Gasteiger partial charge in [-0.25, -0.2) is 9.37 Å². The number of nitrogens with one attached hydrogen (secondary N) is 1. The van der Waals surface area contributed by atoms with Crippen LogP contribution < -0.4 is 5.32 Å². The van der Waals surface area contributed by atoms with Gasteiger partial charge in [-0.05, 0) is 25.6 Å². The standard InChI is InChI=1S/C16H17FN4OS.ClH/c1-10(18-2)7-14-20-16(22-21-14)13-9-23-15(19-13)8-11-5-3-4-6-12(11)17;/h3-6,9-10,18H,7-8H2,1-2H3;1H. The van der Waals surface area contributed by atoms with E-state index in [4.69, 9.17) is 4.52 Å². The zero-order valence-electron chi connectivity index (χ0n) is 13.3. The minimum Gasteiger partial charge on any atom is -0.332 e. The third-order valence-corrected chi connectivity index (χ3v) is 4.37. The van der Waals surface area contributed by atoms with Crippen molar-refractivity contribution >= 4 is 23.7 Å². The van der Waals surface area contributed by atoms with E-state index in [9.17, 15) is 4.39 Å². The molecule has 0 saturated carbocycles. The highest BCUT2D eigenvalue weighted by Gasteiger charge is 2.14. The van der Waals surface area contributed by atoms with Crippen LogP contribution in [0, 0.1) is 5.82 Å². The molecular weight excluding hydrogens is 351 g/mol. The molecule has 1 N–H and O–H groups in total. The second-order valence-corrected chi connectivity index (χ2v) is 6.25. The van der Waals surface area contributed by atoms with Crippen molar-refractivity contribution in [2.45, 2.75) is 25.8 Å². The predicted molar refractivity (Wildman–Crippen MR) is 94.1 cm³/mol. The zero-order chi connectivity index (χ0) is 16.2. The lowest BCUT2D eigenvalue weighted by molar-refractivity contribution is 0.417. The van der Waals surface area contributed by atoms with Gasteiger partial charge in [0.1, 0.15) is 11.5 Å². The number of benzene rings is 1. The Morgan fingerprint density at radius 1 is 1.29 bits per heavy atom. The van der Waals surface area contributed by atoms with Gasteiger partial charge in [0.15, 0.2) is 5.82 Å². The molecule has 2 aromatic heterocycles. The zero-order valence-corrected chi connectivity index (χ0v) is 15.0. The molecule has 3 rings (SSSR count). The average Bonchev–Trinajstić information content (AvgIpc) is 3.18. The fraction of sp³-hybridized carbons (Fsp3) is 0.312. The third kappa shape index (κ3) is 4.37. The van der Waals surface area contributed by atoms with Gasteiger partial charge in [-0.3, -0.25) is 0 Å². The van der Waals surface area contributed by atoms with E-state index < -0.39 is 0 Å². The predicted octanol–water partition coefficient (Wildman–Crippen LogP) is 3.50. The second-order valence-electron chi connectivity index (χ2n) is 5.30. The topological polar surface area (TPSA) is 63.8 Å². The van der Waals surface area contributed by atoms with Gasteiger partial charge in [0.05, 0.1) is 5.01 Å². The highest BCUT2D eigenvalue weighted by Crippen LogP contribution is 2.23. The lowest BCUT2D eigenvalue weighted by Crippen LogP contribution is -2.24. The third-order valence-electron chi connectivity index (χ3n) is 3.52. The fourth-order valence-corrected chi connectivity index (χ4v) is 2.90. The van der Waals surface area contributed by atoms with Crippen LogP contribution in [0.25, 0.3) is 11.6 Å². The molecule has 0 aliphatic heterocycles. The summed E-state index contributed by atoms with van der Waals surface area (Å²) in [7, 11) is 1.89. The van der Waals surface area contributed by atoms with Crippen LogP contribution in [0.4, 0.5) is 4.39 Å². The Morgan fingerprint density at radius 3 is 2.83 bits per heavy atom. The molecular formula is C16H18ClFN4OS. The fourth-order valence-electron chi connectivity index (χ4n) is 2.11. The van der Waals surface area contributed by atoms with E-state index in [0.717, 1.165) is 5.01 Å². The van der Waals surface area contributed by atoms with Crippen LogP contribution in [0.5, 0.6) is 0 Å². The van der Waals surface area contributed by atoms with Gasteiger partial charge >= 0.3 is 0 Å². The van der Waals surface area contributed by atoms with Crippen LogP contribution in [0.2, 0.25) is 0 Å². The van der Waals surface area contributed by atoms with Gasteiger partial charge in [-0.15, -0.1) is 23.7 Å². The molecule has 5 nitrogen and oxygen atoms in total. The summed E-state index contributed by atoms with van der Waals surface area (Å²) < 4.78 is 19.0. The summed E-state index contributed by atoms with van der Waals surface area (Å²) in [5.41, 5.74) is 1.26. The molecule has 1 aromatic carbocycles. The van der Waals surface area contributed by atoms with Crippen molar-refractivity contribution < 1.29 is 8.91 Å². The molecule has 0 aliphatic rings. The maximum Gasteiger partial charge on any atom is 0.277 e. The molecule has 0 bridgehead atoms. The van der Waals surface area contributed by atoms with Crippen LogP contribution in [-0.2, 0) is 12.8 Å². The normalized spacial score (nSPS) is 12.0. The molecule has 2 heterocycles. The van der Waals surface area contributed by atoms with Crippen LogP contribution in [0.15, 0.2) is 34.2 Å². The summed E-state index contributed by atoms with van der Waals surface area (Å²) in [6.45, 7) is 2.05. The highest BCUT2D eigenvalue weighted by molar-refractivity contribution is 7.10. The highest BCUT2D eigenvalue weighted by atomic mass is 35.5. The Bertz CT molecular complexity index is 792. The Morgan fingerprint density at radius 2 is 2.08 bits per heavy atom. The molecule has 128 valence electrons. The van der Waals surface area contributed by atoms with Gasteiger partial charge in [0, 0.05) is 24.3 Å². The molecule has 8 heteroatoms. The first kappa shape index (κ1) is 18.5. The van der Waals surface area contributed by atoms with Crippen LogP contribution in [-0.4, -0.2) is 28.2 Å². The van der Waals surface area contributed by atoms with Crippen LogP contribution in [0.1, 0.15) is 23.3 Å². The van der Waals surface area contributed by atoms with Crippen molar-refractivity contribution in [1.82, 2.24) is 20.4 Å². The first-order chi connectivity index (χ1) is 11.2. The Kier molecular flexibility index (Phi) is 6.42. The summed E-state index contributed by atoms with van der Waals surface area (Å²) in [6, 6.07) is 6.99. The van der Waals surface area contributed by atoms with Crippen LogP contribution >= 0.6 is 23.7 Å². The van der Waals surface area contributed by atoms with Crippen molar-refractivity contribution in [2.75, 3.05) is 7.05 Å². The SMILES string of the molecule is CNC(C)Cc1noc(-c2csc(Cc3ccccc3F)n2)n1.Cl. The van der Waals surface area contributed by atoms with Gasteiger partial charge in [-0.1, -0.05) is 23.4 Å². The number of thiazole rings is 1. The summed E-state index contributed by atoms with van der Waals surface area (Å²) in [5.74, 6) is 0.829. The van der Waals surface area contributed by atoms with E-state index in [1.807, 2.05) is 25.4 Å². The van der Waals surface area contributed by atoms with Gasteiger partial charge in [0.2, 0.25) is 0 Å². The second kappa shape index (κ2) is 8.32. The minimum atomic E-state index is -0.217. The van der Waals surface area contributed by atoms with Crippen molar-refractivity contribution in [1.29, 1.82) is 0 Å². The Balaban J connectivity index is 0.00000208. The van der Waals surface area contributed by atoms with E-state index in [0.29, 0.717) is 35.8 Å². The van der Waals surface area contributed by atoms with Crippen molar-refractivity contribution in [2.24, 2.45) is 0 Å². The van der Waals surface area contributed by atoms with Gasteiger partial charge in [0.25, 0.3) is 5.89 Å². The molecule has 1 atom stereocenters. The lowest BCUT2D eigenvalue weighted by Gasteiger charge is -2.04. The van der Waals surface area contributed by atoms with E-state index in [-0.39, 0.29) is 24.3 Å². The van der Waals surface area contributed by atoms with E-state index in [1.54, 1.807) is 12.1 Å². The number of hydrogen-bond acceptors (Lipinski definition) is 6. The number of halogens is 2. The maximum absolute atomic E-state index is 13.7. The quantitative estimate of drug-likeness (QED) is 0.721. The summed E-state index contributed by atoms with van der Waals surface area (Å²) in [4.78, 5) is 8.83. The molecule has 24 heavy (non-hydrogen) atoms. The summed E-state index contributed by atoms with van der Waals surface area (Å²) in [5, 5.41) is 9.76. The van der Waals surface area contributed by atoms with Gasteiger partial charge < -0.3 is 9.84 Å². The Labute approximate surface area is 149 Å². The molecule has 0 radical (unpaired) electrons. The van der Waals surface area contributed by atoms with Crippen molar-refractivity contribution in [3.8, 4) is 11.6 Å². The smallest absolute Gasteiger partial charge is 0.277 e. The monoisotopic (exact) mass is 368 g/mol. The van der Waals surface area contributed by atoms with Crippen LogP contribution in [0.3, 0.4) is 0 Å². The average molecular weight is 369 g/mol. The molecule has 1 unspecified atom stereocenters. The first-order valence-corrected chi connectivity index (χ1v) is 8.21. The van der Waals surface area contributed by atoms with E-state index in [2.05, 4.69) is 20.4 Å². The molecule has 3 aromatic rings. The maximum atomic E-state index is 13.7. The largest absolute Gasteiger partial charge is 0.332 e. The first-order valence-electron chi connectivity index (χ1n) is 7.33. The number of nitrogens with zero attached hydrogens (tertiary/aromatic N) is 3. The molecule has 0 amide bonds. The Hall–Kier alpha value is -1.83. The number of aromatic nitrogens is 3. The molecule has 0 saturated heterocycles. The number of likely N-dealkylation sites (N-methyl/N-ethyl adjacent to an activating group) is 1. The van der Waals surface area contributed by atoms with Crippen molar-refractivity contribution in [3.63, 3.8) is 0 Å². The summed E-state index contributed by atoms with van der Waals surface area (Å²) in [6.07, 6.45) is 1.14. The minimum absolute atomic E-state index is 0.